The summed E-state index contributed by atoms with van der Waals surface area (Å²) < 4.78 is 16.1. The van der Waals surface area contributed by atoms with Gasteiger partial charge < -0.3 is 24.6 Å². The normalized spacial score (nSPS) is 17.4. The Morgan fingerprint density at radius 2 is 2.14 bits per heavy atom. The first-order valence-corrected chi connectivity index (χ1v) is 9.97. The molecule has 0 bridgehead atoms. The second-order valence-corrected chi connectivity index (χ2v) is 7.52. The first kappa shape index (κ1) is 22.7. The Kier molecular flexibility index (Phi) is 8.46. The third kappa shape index (κ3) is 6.75. The lowest BCUT2D eigenvalue weighted by atomic mass is 10.2. The van der Waals surface area contributed by atoms with E-state index >= 15 is 0 Å². The summed E-state index contributed by atoms with van der Waals surface area (Å²) in [6.45, 7) is 1.90. The summed E-state index contributed by atoms with van der Waals surface area (Å²) in [5.74, 6) is -1.27. The van der Waals surface area contributed by atoms with E-state index in [4.69, 9.17) is 14.6 Å². The second kappa shape index (κ2) is 10.8. The number of carbonyl (C=O) groups excluding carboxylic acids is 2. The van der Waals surface area contributed by atoms with E-state index < -0.39 is 23.1 Å². The molecule has 1 heterocycles. The van der Waals surface area contributed by atoms with Crippen molar-refractivity contribution in [3.05, 3.63) is 22.2 Å². The highest BCUT2D eigenvalue weighted by Crippen LogP contribution is 2.36. The van der Waals surface area contributed by atoms with Crippen LogP contribution >= 0.6 is 27.7 Å². The van der Waals surface area contributed by atoms with Crippen molar-refractivity contribution in [3.63, 3.8) is 0 Å². The molecule has 29 heavy (non-hydrogen) atoms. The minimum atomic E-state index is -1.06. The zero-order valence-corrected chi connectivity index (χ0v) is 17.9. The number of amidine groups is 1. The smallest absolute Gasteiger partial charge is 0.343 e. The number of amides is 1. The summed E-state index contributed by atoms with van der Waals surface area (Å²) in [6, 6.07) is 3.34. The molecule has 2 rings (SSSR count). The maximum Gasteiger partial charge on any atom is 0.343 e. The van der Waals surface area contributed by atoms with Crippen molar-refractivity contribution in [2.24, 2.45) is 10.2 Å². The third-order valence-electron chi connectivity index (χ3n) is 3.39. The number of thioether (sulfide) groups is 1. The van der Waals surface area contributed by atoms with Gasteiger partial charge in [-0.25, -0.2) is 4.79 Å². The van der Waals surface area contributed by atoms with Crippen LogP contribution < -0.4 is 14.8 Å². The molecule has 1 unspecified atom stereocenters. The van der Waals surface area contributed by atoms with Crippen LogP contribution in [0.25, 0.3) is 0 Å². The number of carbonyl (C=O) groups is 3. The largest absolute Gasteiger partial charge is 0.490 e. The highest BCUT2D eigenvalue weighted by atomic mass is 79.9. The van der Waals surface area contributed by atoms with Gasteiger partial charge >= 0.3 is 11.9 Å². The maximum absolute atomic E-state index is 11.7. The van der Waals surface area contributed by atoms with Gasteiger partial charge in [0.15, 0.2) is 23.3 Å². The molecule has 0 radical (unpaired) electrons. The van der Waals surface area contributed by atoms with Crippen LogP contribution in [0.1, 0.15) is 18.9 Å². The SMILES string of the molecule is CCOc1cc(C=NN=C2NC(=O)C(CC(=O)O)S2)cc(Br)c1OCC(=O)OC. The van der Waals surface area contributed by atoms with Gasteiger partial charge in [-0.05, 0) is 40.5 Å². The molecule has 1 saturated heterocycles. The van der Waals surface area contributed by atoms with E-state index in [0.717, 1.165) is 11.8 Å². The number of nitrogens with one attached hydrogen (secondary N) is 1. The summed E-state index contributed by atoms with van der Waals surface area (Å²) >= 11 is 4.37. The van der Waals surface area contributed by atoms with Gasteiger partial charge in [0.25, 0.3) is 0 Å². The Morgan fingerprint density at radius 1 is 1.38 bits per heavy atom. The van der Waals surface area contributed by atoms with Crippen molar-refractivity contribution in [1.29, 1.82) is 0 Å². The van der Waals surface area contributed by atoms with Crippen molar-refractivity contribution in [2.75, 3.05) is 20.3 Å². The number of benzene rings is 1. The minimum Gasteiger partial charge on any atom is -0.490 e. The first-order chi connectivity index (χ1) is 13.8. The molecule has 1 atom stereocenters. The lowest BCUT2D eigenvalue weighted by molar-refractivity contribution is -0.143. The van der Waals surface area contributed by atoms with Crippen LogP contribution in [-0.4, -0.2) is 59.9 Å². The van der Waals surface area contributed by atoms with Gasteiger partial charge in [-0.15, -0.1) is 5.10 Å². The number of halogens is 1. The van der Waals surface area contributed by atoms with Gasteiger partial charge in [-0.1, -0.05) is 11.8 Å². The Balaban J connectivity index is 2.13. The fraction of sp³-hybridized carbons (Fsp3) is 0.353. The third-order valence-corrected chi connectivity index (χ3v) is 5.05. The van der Waals surface area contributed by atoms with Crippen LogP contribution in [0.5, 0.6) is 11.5 Å². The lowest BCUT2D eigenvalue weighted by Gasteiger charge is -2.13. The van der Waals surface area contributed by atoms with Gasteiger partial charge in [0, 0.05) is 0 Å². The summed E-state index contributed by atoms with van der Waals surface area (Å²) in [6.07, 6.45) is 1.14. The topological polar surface area (TPSA) is 136 Å². The molecule has 0 spiro atoms. The van der Waals surface area contributed by atoms with Crippen LogP contribution in [-0.2, 0) is 19.1 Å². The predicted molar refractivity (Wildman–Crippen MR) is 110 cm³/mol. The number of aliphatic carboxylic acids is 1. The molecule has 2 N–H and O–H groups in total. The van der Waals surface area contributed by atoms with E-state index in [9.17, 15) is 14.4 Å². The number of carboxylic acids is 1. The Morgan fingerprint density at radius 3 is 2.79 bits per heavy atom. The lowest BCUT2D eigenvalue weighted by Crippen LogP contribution is -2.26. The average Bonchev–Trinajstić information content (AvgIpc) is 2.99. The highest BCUT2D eigenvalue weighted by molar-refractivity contribution is 9.10. The van der Waals surface area contributed by atoms with Crippen molar-refractivity contribution < 1.29 is 33.7 Å². The molecule has 10 nitrogen and oxygen atoms in total. The molecule has 1 aliphatic rings. The van der Waals surface area contributed by atoms with E-state index in [1.165, 1.54) is 13.3 Å². The molecular formula is C17H18BrN3O7S. The van der Waals surface area contributed by atoms with E-state index in [1.807, 2.05) is 0 Å². The number of hydrogen-bond donors (Lipinski definition) is 2. The minimum absolute atomic E-state index is 0.222. The molecule has 0 aliphatic carbocycles. The van der Waals surface area contributed by atoms with Crippen LogP contribution in [0.3, 0.4) is 0 Å². The van der Waals surface area contributed by atoms with E-state index in [1.54, 1.807) is 19.1 Å². The molecule has 1 aliphatic heterocycles. The molecule has 156 valence electrons. The predicted octanol–water partition coefficient (Wildman–Crippen LogP) is 1.80. The summed E-state index contributed by atoms with van der Waals surface area (Å²) in [5, 5.41) is 18.6. The van der Waals surface area contributed by atoms with Gasteiger partial charge in [-0.3, -0.25) is 9.59 Å². The van der Waals surface area contributed by atoms with Crippen molar-refractivity contribution in [2.45, 2.75) is 18.6 Å². The van der Waals surface area contributed by atoms with Crippen molar-refractivity contribution in [1.82, 2.24) is 5.32 Å². The van der Waals surface area contributed by atoms with Crippen LogP contribution in [0.4, 0.5) is 0 Å². The first-order valence-electron chi connectivity index (χ1n) is 8.30. The molecule has 1 aromatic carbocycles. The Hall–Kier alpha value is -2.60. The quantitative estimate of drug-likeness (QED) is 0.305. The fourth-order valence-corrected chi connectivity index (χ4v) is 3.64. The molecule has 1 amide bonds. The zero-order valence-electron chi connectivity index (χ0n) is 15.5. The number of carboxylic acid groups (broad SMARTS) is 1. The van der Waals surface area contributed by atoms with E-state index in [2.05, 4.69) is 36.2 Å². The highest BCUT2D eigenvalue weighted by Gasteiger charge is 2.32. The summed E-state index contributed by atoms with van der Waals surface area (Å²) in [7, 11) is 1.26. The molecule has 0 aromatic heterocycles. The average molecular weight is 488 g/mol. The number of hydrogen-bond acceptors (Lipinski definition) is 9. The van der Waals surface area contributed by atoms with Crippen LogP contribution in [0, 0.1) is 0 Å². The van der Waals surface area contributed by atoms with Gasteiger partial charge in [-0.2, -0.15) is 5.10 Å². The number of methoxy groups -OCH3 is 1. The van der Waals surface area contributed by atoms with E-state index in [0.29, 0.717) is 28.1 Å². The van der Waals surface area contributed by atoms with Crippen LogP contribution in [0.15, 0.2) is 26.8 Å². The van der Waals surface area contributed by atoms with Crippen molar-refractivity contribution in [3.8, 4) is 11.5 Å². The second-order valence-electron chi connectivity index (χ2n) is 5.47. The molecule has 1 fully saturated rings. The summed E-state index contributed by atoms with van der Waals surface area (Å²) in [5.41, 5.74) is 0.617. The van der Waals surface area contributed by atoms with Gasteiger partial charge in [0.05, 0.1) is 30.8 Å². The number of esters is 1. The van der Waals surface area contributed by atoms with E-state index in [-0.39, 0.29) is 18.2 Å². The fourth-order valence-electron chi connectivity index (χ4n) is 2.15. The van der Waals surface area contributed by atoms with Crippen molar-refractivity contribution >= 4 is 56.9 Å². The summed E-state index contributed by atoms with van der Waals surface area (Å²) in [4.78, 5) is 33.7. The Bertz CT molecular complexity index is 860. The standard InChI is InChI=1S/C17H18BrN3O7S/c1-3-27-11-5-9(4-10(18)15(11)28-8-14(24)26-2)7-19-21-17-20-16(25)12(29-17)6-13(22)23/h4-5,7,12H,3,6,8H2,1-2H3,(H,22,23)(H,20,21,25). The number of rotatable bonds is 9. The molecule has 1 aromatic rings. The van der Waals surface area contributed by atoms with Gasteiger partial charge in [0.2, 0.25) is 5.91 Å². The number of ether oxygens (including phenoxy) is 3. The Labute approximate surface area is 178 Å². The number of nitrogens with zero attached hydrogens (tertiary/aromatic N) is 2. The molecule has 0 saturated carbocycles. The van der Waals surface area contributed by atoms with Gasteiger partial charge in [0.1, 0.15) is 5.25 Å². The zero-order chi connectivity index (χ0) is 21.4. The molecule has 12 heteroatoms. The molecular weight excluding hydrogens is 470 g/mol. The monoisotopic (exact) mass is 487 g/mol. The maximum atomic E-state index is 11.7. The van der Waals surface area contributed by atoms with Crippen LogP contribution in [0.2, 0.25) is 0 Å².